The van der Waals surface area contributed by atoms with Gasteiger partial charge in [-0.25, -0.2) is 23.4 Å². The second-order valence-electron chi connectivity index (χ2n) is 12.5. The summed E-state index contributed by atoms with van der Waals surface area (Å²) in [7, 11) is -1.74. The minimum atomic E-state index is -3.38. The molecule has 4 N–H and O–H groups in total. The molecule has 0 spiro atoms. The Bertz CT molecular complexity index is 1630. The predicted octanol–water partition coefficient (Wildman–Crippen LogP) is 5.85. The number of halogens is 1. The Kier molecular flexibility index (Phi) is 13.8. The van der Waals surface area contributed by atoms with E-state index in [2.05, 4.69) is 43.6 Å². The maximum atomic E-state index is 11.5. The van der Waals surface area contributed by atoms with Gasteiger partial charge in [0.2, 0.25) is 10.0 Å². The first-order valence-corrected chi connectivity index (χ1v) is 18.6. The smallest absolute Gasteiger partial charge is 0.230 e. The number of hydrogen-bond donors (Lipinski definition) is 4. The van der Waals surface area contributed by atoms with Crippen LogP contribution in [0.3, 0.4) is 0 Å². The zero-order valence-corrected chi connectivity index (χ0v) is 29.7. The van der Waals surface area contributed by atoms with Crippen molar-refractivity contribution in [1.82, 2.24) is 20.3 Å². The van der Waals surface area contributed by atoms with Crippen LogP contribution in [0.1, 0.15) is 58.1 Å². The van der Waals surface area contributed by atoms with E-state index < -0.39 is 15.4 Å². The molecule has 0 amide bonds. The molecule has 260 valence electrons. The molecule has 2 atom stereocenters. The quantitative estimate of drug-likeness (QED) is 0.126. The van der Waals surface area contributed by atoms with Crippen molar-refractivity contribution in [3.63, 3.8) is 0 Å². The van der Waals surface area contributed by atoms with Crippen LogP contribution in [0.4, 0.5) is 17.5 Å². The van der Waals surface area contributed by atoms with Crippen LogP contribution in [0, 0.1) is 16.7 Å². The van der Waals surface area contributed by atoms with E-state index in [9.17, 15) is 13.7 Å². The Labute approximate surface area is 289 Å². The number of nitriles is 1. The SMILES string of the molecule is CCC(C#N)(CCOC)CNc1cccc(-c2cc(NC3CCC(N[C@H](C)COCc4cccc(NS(C)(=O)=O)n4)CC3)ncc2Cl)n1. The van der Waals surface area contributed by atoms with Gasteiger partial charge in [0.1, 0.15) is 17.5 Å². The Morgan fingerprint density at radius 2 is 1.81 bits per heavy atom. The van der Waals surface area contributed by atoms with E-state index in [-0.39, 0.29) is 17.9 Å². The van der Waals surface area contributed by atoms with Crippen LogP contribution in [0.2, 0.25) is 5.02 Å². The molecule has 48 heavy (non-hydrogen) atoms. The van der Waals surface area contributed by atoms with E-state index in [0.29, 0.717) is 61.8 Å². The third-order valence-electron chi connectivity index (χ3n) is 8.50. The summed E-state index contributed by atoms with van der Waals surface area (Å²) >= 11 is 6.59. The van der Waals surface area contributed by atoms with Crippen LogP contribution in [0.25, 0.3) is 11.3 Å². The van der Waals surface area contributed by atoms with E-state index >= 15 is 0 Å². The summed E-state index contributed by atoms with van der Waals surface area (Å²) in [5.74, 6) is 1.72. The third kappa shape index (κ3) is 11.6. The Hall–Kier alpha value is -3.54. The highest BCUT2D eigenvalue weighted by atomic mass is 35.5. The number of ether oxygens (including phenoxy) is 2. The van der Waals surface area contributed by atoms with Crippen LogP contribution in [-0.4, -0.2) is 74.6 Å². The monoisotopic (exact) mass is 698 g/mol. The summed E-state index contributed by atoms with van der Waals surface area (Å²) in [5.41, 5.74) is 1.64. The fourth-order valence-corrected chi connectivity index (χ4v) is 6.42. The largest absolute Gasteiger partial charge is 0.385 e. The van der Waals surface area contributed by atoms with Crippen molar-refractivity contribution in [2.45, 2.75) is 77.1 Å². The number of pyridine rings is 3. The van der Waals surface area contributed by atoms with Gasteiger partial charge in [0.15, 0.2) is 0 Å². The molecule has 14 heteroatoms. The van der Waals surface area contributed by atoms with Crippen molar-refractivity contribution in [3.05, 3.63) is 59.4 Å². The molecule has 12 nitrogen and oxygen atoms in total. The van der Waals surface area contributed by atoms with Crippen molar-refractivity contribution in [3.8, 4) is 17.3 Å². The fraction of sp³-hybridized carbons (Fsp3) is 0.529. The first-order chi connectivity index (χ1) is 23.0. The van der Waals surface area contributed by atoms with Crippen LogP contribution < -0.4 is 20.7 Å². The number of nitrogens with one attached hydrogen (secondary N) is 4. The Balaban J connectivity index is 1.25. The first-order valence-electron chi connectivity index (χ1n) is 16.3. The van der Waals surface area contributed by atoms with Gasteiger partial charge in [-0.1, -0.05) is 30.7 Å². The van der Waals surface area contributed by atoms with E-state index in [4.69, 9.17) is 26.1 Å². The average Bonchev–Trinajstić information content (AvgIpc) is 3.06. The summed E-state index contributed by atoms with van der Waals surface area (Å²) in [5, 5.41) is 21.0. The molecular formula is C34H47ClN8O4S. The first kappa shape index (κ1) is 37.3. The third-order valence-corrected chi connectivity index (χ3v) is 9.38. The van der Waals surface area contributed by atoms with Gasteiger partial charge in [-0.15, -0.1) is 0 Å². The molecule has 0 saturated heterocycles. The highest BCUT2D eigenvalue weighted by molar-refractivity contribution is 7.92. The van der Waals surface area contributed by atoms with Gasteiger partial charge < -0.3 is 25.4 Å². The Morgan fingerprint density at radius 1 is 1.08 bits per heavy atom. The van der Waals surface area contributed by atoms with E-state index in [0.717, 1.165) is 49.0 Å². The van der Waals surface area contributed by atoms with Crippen LogP contribution >= 0.6 is 11.6 Å². The number of hydrogen-bond acceptors (Lipinski definition) is 11. The summed E-state index contributed by atoms with van der Waals surface area (Å²) in [6, 6.07) is 16.2. The van der Waals surface area contributed by atoms with Gasteiger partial charge >= 0.3 is 0 Å². The minimum Gasteiger partial charge on any atom is -0.385 e. The second kappa shape index (κ2) is 17.7. The van der Waals surface area contributed by atoms with Gasteiger partial charge in [0.05, 0.1) is 47.4 Å². The molecule has 1 aliphatic carbocycles. The average molecular weight is 699 g/mol. The molecule has 4 rings (SSSR count). The molecule has 1 fully saturated rings. The number of sulfonamides is 1. The lowest BCUT2D eigenvalue weighted by atomic mass is 9.83. The lowest BCUT2D eigenvalue weighted by Gasteiger charge is -2.32. The minimum absolute atomic E-state index is 0.152. The second-order valence-corrected chi connectivity index (χ2v) is 14.6. The molecule has 0 radical (unpaired) electrons. The normalized spacial score (nSPS) is 18.3. The van der Waals surface area contributed by atoms with Gasteiger partial charge in [0.25, 0.3) is 0 Å². The summed E-state index contributed by atoms with van der Waals surface area (Å²) in [6.07, 6.45) is 8.13. The lowest BCUT2D eigenvalue weighted by Crippen LogP contribution is -2.43. The van der Waals surface area contributed by atoms with Crippen LogP contribution in [0.15, 0.2) is 48.7 Å². The number of nitrogens with zero attached hydrogens (tertiary/aromatic N) is 4. The summed E-state index contributed by atoms with van der Waals surface area (Å²) < 4.78 is 36.4. The molecule has 0 aromatic carbocycles. The van der Waals surface area contributed by atoms with Crippen LogP contribution in [-0.2, 0) is 26.1 Å². The highest BCUT2D eigenvalue weighted by Gasteiger charge is 2.28. The van der Waals surface area contributed by atoms with Crippen LogP contribution in [0.5, 0.6) is 0 Å². The van der Waals surface area contributed by atoms with E-state index in [1.54, 1.807) is 25.4 Å². The van der Waals surface area contributed by atoms with Gasteiger partial charge in [-0.2, -0.15) is 5.26 Å². The molecule has 3 aromatic heterocycles. The number of methoxy groups -OCH3 is 1. The molecule has 0 aliphatic heterocycles. The highest BCUT2D eigenvalue weighted by Crippen LogP contribution is 2.31. The summed E-state index contributed by atoms with van der Waals surface area (Å²) in [4.78, 5) is 13.6. The van der Waals surface area contributed by atoms with Crippen molar-refractivity contribution in [1.29, 1.82) is 5.26 Å². The van der Waals surface area contributed by atoms with E-state index in [1.807, 2.05) is 37.3 Å². The molecule has 3 heterocycles. The molecule has 1 unspecified atom stereocenters. The van der Waals surface area contributed by atoms with Gasteiger partial charge in [0, 0.05) is 50.1 Å². The van der Waals surface area contributed by atoms with Crippen molar-refractivity contribution < 1.29 is 17.9 Å². The van der Waals surface area contributed by atoms with Crippen molar-refractivity contribution in [2.75, 3.05) is 48.5 Å². The molecule has 1 aliphatic rings. The van der Waals surface area contributed by atoms with E-state index in [1.165, 1.54) is 0 Å². The maximum Gasteiger partial charge on any atom is 0.230 e. The fourth-order valence-electron chi connectivity index (χ4n) is 5.73. The molecule has 1 saturated carbocycles. The lowest BCUT2D eigenvalue weighted by molar-refractivity contribution is 0.0952. The summed E-state index contributed by atoms with van der Waals surface area (Å²) in [6.45, 7) is 5.92. The van der Waals surface area contributed by atoms with Gasteiger partial charge in [-0.3, -0.25) is 4.72 Å². The topological polar surface area (TPSA) is 163 Å². The zero-order valence-electron chi connectivity index (χ0n) is 28.1. The molecule has 0 bridgehead atoms. The number of aromatic nitrogens is 3. The zero-order chi connectivity index (χ0) is 34.6. The van der Waals surface area contributed by atoms with Crippen molar-refractivity contribution in [2.24, 2.45) is 5.41 Å². The Morgan fingerprint density at radius 3 is 2.52 bits per heavy atom. The van der Waals surface area contributed by atoms with Crippen molar-refractivity contribution >= 4 is 39.1 Å². The molecule has 3 aromatic rings. The van der Waals surface area contributed by atoms with Gasteiger partial charge in [-0.05, 0) is 75.8 Å². The number of rotatable bonds is 18. The maximum absolute atomic E-state index is 11.5. The predicted molar refractivity (Wildman–Crippen MR) is 190 cm³/mol. The number of anilines is 3. The standard InChI is InChI=1S/C34H47ClN8O4S/c1-5-34(22-36,16-17-46-3)23-38-31-10-7-9-30(42-31)28-18-33(37-19-29(28)35)40-26-14-12-25(13-15-26)39-24(2)20-47-21-27-8-6-11-32(41-27)43-48(4,44)45/h6-11,18-19,24-26,39H,5,12-17,20-21,23H2,1-4H3,(H,37,40)(H,38,42)(H,41,43)/t24-,25?,26?,34?/m1/s1. The molecular weight excluding hydrogens is 652 g/mol.